The number of carbonyl (C=O) groups is 2. The number of ether oxygens (including phenoxy) is 2. The standard InChI is InChI=1S/C14H27NO4/c1-10(2)11(9-18-6)15-12(16)7-8-13(17)19-14(3,4)5/h10-11H,7-9H2,1-6H3,(H,15,16). The second-order valence-electron chi connectivity index (χ2n) is 5.96. The van der Waals surface area contributed by atoms with Crippen molar-refractivity contribution in [3.8, 4) is 0 Å². The molecule has 0 rings (SSSR count). The highest BCUT2D eigenvalue weighted by molar-refractivity contribution is 5.81. The zero-order chi connectivity index (χ0) is 15.1. The zero-order valence-electron chi connectivity index (χ0n) is 12.9. The third-order valence-electron chi connectivity index (χ3n) is 2.47. The van der Waals surface area contributed by atoms with Gasteiger partial charge >= 0.3 is 5.97 Å². The first-order valence-corrected chi connectivity index (χ1v) is 6.66. The first-order valence-electron chi connectivity index (χ1n) is 6.66. The van der Waals surface area contributed by atoms with Crippen molar-refractivity contribution in [1.29, 1.82) is 0 Å². The molecule has 0 aliphatic carbocycles. The largest absolute Gasteiger partial charge is 0.460 e. The van der Waals surface area contributed by atoms with E-state index in [4.69, 9.17) is 9.47 Å². The van der Waals surface area contributed by atoms with Crippen molar-refractivity contribution in [3.63, 3.8) is 0 Å². The predicted molar refractivity (Wildman–Crippen MR) is 73.7 cm³/mol. The molecule has 112 valence electrons. The molecule has 1 N–H and O–H groups in total. The molecule has 0 aromatic heterocycles. The van der Waals surface area contributed by atoms with E-state index in [0.29, 0.717) is 6.61 Å². The molecule has 0 fully saturated rings. The normalized spacial score (nSPS) is 13.2. The Morgan fingerprint density at radius 3 is 2.16 bits per heavy atom. The third-order valence-corrected chi connectivity index (χ3v) is 2.47. The highest BCUT2D eigenvalue weighted by atomic mass is 16.6. The minimum absolute atomic E-state index is 0.0314. The summed E-state index contributed by atoms with van der Waals surface area (Å²) in [7, 11) is 1.60. The van der Waals surface area contributed by atoms with Crippen molar-refractivity contribution in [2.24, 2.45) is 5.92 Å². The molecule has 19 heavy (non-hydrogen) atoms. The molecule has 1 amide bonds. The summed E-state index contributed by atoms with van der Waals surface area (Å²) in [4.78, 5) is 23.2. The van der Waals surface area contributed by atoms with Gasteiger partial charge < -0.3 is 14.8 Å². The summed E-state index contributed by atoms with van der Waals surface area (Å²) in [6.07, 6.45) is 0.239. The first kappa shape index (κ1) is 17.9. The fourth-order valence-electron chi connectivity index (χ4n) is 1.47. The molecule has 0 saturated heterocycles. The summed E-state index contributed by atoms with van der Waals surface area (Å²) in [5.74, 6) is -0.220. The van der Waals surface area contributed by atoms with Crippen LogP contribution in [-0.4, -0.2) is 37.2 Å². The van der Waals surface area contributed by atoms with Crippen LogP contribution in [-0.2, 0) is 19.1 Å². The lowest BCUT2D eigenvalue weighted by atomic mass is 10.1. The van der Waals surface area contributed by atoms with Crippen molar-refractivity contribution in [1.82, 2.24) is 5.32 Å². The van der Waals surface area contributed by atoms with Gasteiger partial charge in [-0.05, 0) is 26.7 Å². The molecule has 1 unspecified atom stereocenters. The summed E-state index contributed by atoms with van der Waals surface area (Å²) in [5, 5.41) is 2.86. The van der Waals surface area contributed by atoms with E-state index in [-0.39, 0.29) is 36.7 Å². The maximum Gasteiger partial charge on any atom is 0.306 e. The predicted octanol–water partition coefficient (Wildman–Crippen LogP) is 1.90. The van der Waals surface area contributed by atoms with Crippen LogP contribution in [0, 0.1) is 5.92 Å². The van der Waals surface area contributed by atoms with Crippen molar-refractivity contribution >= 4 is 11.9 Å². The smallest absolute Gasteiger partial charge is 0.306 e. The van der Waals surface area contributed by atoms with Crippen LogP contribution in [0.5, 0.6) is 0 Å². The van der Waals surface area contributed by atoms with E-state index < -0.39 is 5.60 Å². The summed E-state index contributed by atoms with van der Waals surface area (Å²) in [5.41, 5.74) is -0.510. The van der Waals surface area contributed by atoms with Crippen LogP contribution < -0.4 is 5.32 Å². The molecule has 0 bridgehead atoms. The fraction of sp³-hybridized carbons (Fsp3) is 0.857. The molecule has 0 radical (unpaired) electrons. The van der Waals surface area contributed by atoms with Crippen molar-refractivity contribution in [2.45, 2.75) is 59.1 Å². The number of methoxy groups -OCH3 is 1. The topological polar surface area (TPSA) is 64.6 Å². The van der Waals surface area contributed by atoms with Gasteiger partial charge in [-0.2, -0.15) is 0 Å². The molecular formula is C14H27NO4. The molecule has 5 nitrogen and oxygen atoms in total. The van der Waals surface area contributed by atoms with Crippen LogP contribution in [0.15, 0.2) is 0 Å². The number of carbonyl (C=O) groups excluding carboxylic acids is 2. The zero-order valence-corrected chi connectivity index (χ0v) is 12.9. The average Bonchev–Trinajstić information content (AvgIpc) is 2.23. The Labute approximate surface area is 116 Å². The summed E-state index contributed by atoms with van der Waals surface area (Å²) in [6.45, 7) is 9.90. The first-order chi connectivity index (χ1) is 8.65. The number of hydrogen-bond acceptors (Lipinski definition) is 4. The molecule has 0 spiro atoms. The molecule has 1 atom stereocenters. The molecule has 0 heterocycles. The van der Waals surface area contributed by atoms with Crippen LogP contribution in [0.4, 0.5) is 0 Å². The lowest BCUT2D eigenvalue weighted by Crippen LogP contribution is -2.41. The highest BCUT2D eigenvalue weighted by Gasteiger charge is 2.19. The minimum atomic E-state index is -0.510. The lowest BCUT2D eigenvalue weighted by Gasteiger charge is -2.22. The van der Waals surface area contributed by atoms with Crippen molar-refractivity contribution in [3.05, 3.63) is 0 Å². The SMILES string of the molecule is COCC(NC(=O)CCC(=O)OC(C)(C)C)C(C)C. The second kappa shape index (κ2) is 8.15. The fourth-order valence-corrected chi connectivity index (χ4v) is 1.47. The third kappa shape index (κ3) is 9.47. The van der Waals surface area contributed by atoms with E-state index in [9.17, 15) is 9.59 Å². The van der Waals surface area contributed by atoms with E-state index in [0.717, 1.165) is 0 Å². The van der Waals surface area contributed by atoms with Gasteiger partial charge in [0.1, 0.15) is 5.60 Å². The number of rotatable bonds is 7. The minimum Gasteiger partial charge on any atom is -0.460 e. The highest BCUT2D eigenvalue weighted by Crippen LogP contribution is 2.09. The van der Waals surface area contributed by atoms with Gasteiger partial charge in [0.15, 0.2) is 0 Å². The number of nitrogens with one attached hydrogen (secondary N) is 1. The maximum absolute atomic E-state index is 11.7. The van der Waals surface area contributed by atoms with E-state index in [1.165, 1.54) is 0 Å². The van der Waals surface area contributed by atoms with Gasteiger partial charge in [-0.15, -0.1) is 0 Å². The summed E-state index contributed by atoms with van der Waals surface area (Å²) in [6, 6.07) is -0.0314. The van der Waals surface area contributed by atoms with Crippen LogP contribution in [0.2, 0.25) is 0 Å². The number of esters is 1. The van der Waals surface area contributed by atoms with E-state index in [1.807, 2.05) is 13.8 Å². The van der Waals surface area contributed by atoms with Crippen LogP contribution >= 0.6 is 0 Å². The maximum atomic E-state index is 11.7. The van der Waals surface area contributed by atoms with Gasteiger partial charge in [0.25, 0.3) is 0 Å². The Balaban J connectivity index is 4.07. The Bertz CT molecular complexity index is 294. The van der Waals surface area contributed by atoms with E-state index >= 15 is 0 Å². The monoisotopic (exact) mass is 273 g/mol. The summed E-state index contributed by atoms with van der Waals surface area (Å²) >= 11 is 0. The molecule has 0 aromatic carbocycles. The van der Waals surface area contributed by atoms with E-state index in [2.05, 4.69) is 5.32 Å². The lowest BCUT2D eigenvalue weighted by molar-refractivity contribution is -0.155. The van der Waals surface area contributed by atoms with E-state index in [1.54, 1.807) is 27.9 Å². The number of amides is 1. The van der Waals surface area contributed by atoms with Crippen LogP contribution in [0.1, 0.15) is 47.5 Å². The molecular weight excluding hydrogens is 246 g/mol. The van der Waals surface area contributed by atoms with Gasteiger partial charge in [0, 0.05) is 13.5 Å². The summed E-state index contributed by atoms with van der Waals surface area (Å²) < 4.78 is 10.2. The van der Waals surface area contributed by atoms with Gasteiger partial charge in [0.2, 0.25) is 5.91 Å². The van der Waals surface area contributed by atoms with Gasteiger partial charge in [-0.3, -0.25) is 9.59 Å². The molecule has 0 aromatic rings. The Hall–Kier alpha value is -1.10. The van der Waals surface area contributed by atoms with Crippen LogP contribution in [0.25, 0.3) is 0 Å². The van der Waals surface area contributed by atoms with Gasteiger partial charge in [-0.1, -0.05) is 13.8 Å². The Morgan fingerprint density at radius 2 is 1.74 bits per heavy atom. The van der Waals surface area contributed by atoms with Gasteiger partial charge in [-0.25, -0.2) is 0 Å². The molecule has 0 aliphatic rings. The van der Waals surface area contributed by atoms with Crippen molar-refractivity contribution < 1.29 is 19.1 Å². The second-order valence-corrected chi connectivity index (χ2v) is 5.96. The number of hydrogen-bond donors (Lipinski definition) is 1. The van der Waals surface area contributed by atoms with Crippen molar-refractivity contribution in [2.75, 3.05) is 13.7 Å². The molecule has 0 aliphatic heterocycles. The van der Waals surface area contributed by atoms with Gasteiger partial charge in [0.05, 0.1) is 19.1 Å². The Kier molecular flexibility index (Phi) is 7.68. The molecule has 0 saturated carbocycles. The average molecular weight is 273 g/mol. The van der Waals surface area contributed by atoms with Crippen LogP contribution in [0.3, 0.4) is 0 Å². The molecule has 5 heteroatoms. The Morgan fingerprint density at radius 1 is 1.16 bits per heavy atom. The quantitative estimate of drug-likeness (QED) is 0.719.